The number of methoxy groups -OCH3 is 1. The standard InChI is InChI=1S/C19H21F3N2O2/c1-13-6-5-7-14(12-13)10-11-24-17(25)18(23,19(20,21)22)15-8-3-4-9-16(15)26-2/h3-9,12H,10-11,23H2,1-2H3,(H,24,25). The van der Waals surface area contributed by atoms with Crippen LogP contribution in [0.3, 0.4) is 0 Å². The van der Waals surface area contributed by atoms with Gasteiger partial charge in [-0.15, -0.1) is 0 Å². The number of hydrogen-bond acceptors (Lipinski definition) is 3. The lowest BCUT2D eigenvalue weighted by Crippen LogP contribution is -2.61. The summed E-state index contributed by atoms with van der Waals surface area (Å²) >= 11 is 0. The molecule has 140 valence electrons. The normalized spacial score (nSPS) is 13.8. The van der Waals surface area contributed by atoms with Gasteiger partial charge in [0.2, 0.25) is 5.54 Å². The number of benzene rings is 2. The number of hydrogen-bond donors (Lipinski definition) is 2. The molecule has 0 saturated heterocycles. The Hall–Kier alpha value is -2.54. The van der Waals surface area contributed by atoms with Gasteiger partial charge in [0, 0.05) is 12.1 Å². The van der Waals surface area contributed by atoms with Crippen molar-refractivity contribution >= 4 is 5.91 Å². The van der Waals surface area contributed by atoms with Gasteiger partial charge in [0.1, 0.15) is 5.75 Å². The molecule has 0 aromatic heterocycles. The van der Waals surface area contributed by atoms with Crippen molar-refractivity contribution in [1.29, 1.82) is 0 Å². The van der Waals surface area contributed by atoms with Crippen LogP contribution in [-0.4, -0.2) is 25.7 Å². The Balaban J connectivity index is 2.22. The number of para-hydroxylation sites is 1. The molecule has 0 aliphatic heterocycles. The Labute approximate surface area is 150 Å². The van der Waals surface area contributed by atoms with Gasteiger partial charge in [0.25, 0.3) is 5.91 Å². The van der Waals surface area contributed by atoms with Gasteiger partial charge >= 0.3 is 6.18 Å². The molecule has 0 aliphatic carbocycles. The highest BCUT2D eigenvalue weighted by Crippen LogP contribution is 2.40. The molecule has 3 N–H and O–H groups in total. The Morgan fingerprint density at radius 3 is 2.46 bits per heavy atom. The van der Waals surface area contributed by atoms with E-state index >= 15 is 0 Å². The van der Waals surface area contributed by atoms with Crippen LogP contribution in [0.2, 0.25) is 0 Å². The first-order valence-electron chi connectivity index (χ1n) is 8.03. The van der Waals surface area contributed by atoms with E-state index in [0.717, 1.165) is 17.2 Å². The predicted octanol–water partition coefficient (Wildman–Crippen LogP) is 3.08. The van der Waals surface area contributed by atoms with Crippen molar-refractivity contribution in [3.63, 3.8) is 0 Å². The second-order valence-electron chi connectivity index (χ2n) is 6.00. The van der Waals surface area contributed by atoms with E-state index in [1.807, 2.05) is 31.2 Å². The molecular formula is C19H21F3N2O2. The number of carbonyl (C=O) groups excluding carboxylic acids is 1. The third-order valence-corrected chi connectivity index (χ3v) is 4.12. The quantitative estimate of drug-likeness (QED) is 0.826. The molecule has 1 atom stereocenters. The van der Waals surface area contributed by atoms with Gasteiger partial charge in [0.05, 0.1) is 7.11 Å². The van der Waals surface area contributed by atoms with Gasteiger partial charge in [-0.2, -0.15) is 13.2 Å². The fourth-order valence-electron chi connectivity index (χ4n) is 2.70. The maximum Gasteiger partial charge on any atom is 0.419 e. The second-order valence-corrected chi connectivity index (χ2v) is 6.00. The number of aryl methyl sites for hydroxylation is 1. The molecule has 0 radical (unpaired) electrons. The number of amides is 1. The molecule has 1 amide bonds. The van der Waals surface area contributed by atoms with Gasteiger partial charge in [0.15, 0.2) is 0 Å². The fourth-order valence-corrected chi connectivity index (χ4v) is 2.70. The van der Waals surface area contributed by atoms with E-state index in [1.54, 1.807) is 0 Å². The first kappa shape index (κ1) is 19.8. The van der Waals surface area contributed by atoms with Gasteiger partial charge in [-0.3, -0.25) is 4.79 Å². The second kappa shape index (κ2) is 7.78. The first-order valence-corrected chi connectivity index (χ1v) is 8.03. The number of rotatable bonds is 6. The van der Waals surface area contributed by atoms with Crippen LogP contribution in [0.1, 0.15) is 16.7 Å². The lowest BCUT2D eigenvalue weighted by atomic mass is 9.88. The molecule has 0 bridgehead atoms. The summed E-state index contributed by atoms with van der Waals surface area (Å²) in [4.78, 5) is 12.4. The van der Waals surface area contributed by atoms with E-state index < -0.39 is 23.2 Å². The molecule has 0 spiro atoms. The topological polar surface area (TPSA) is 64.3 Å². The van der Waals surface area contributed by atoms with Crippen LogP contribution >= 0.6 is 0 Å². The monoisotopic (exact) mass is 366 g/mol. The summed E-state index contributed by atoms with van der Waals surface area (Å²) in [6.45, 7) is 1.95. The van der Waals surface area contributed by atoms with Crippen molar-refractivity contribution in [1.82, 2.24) is 5.32 Å². The third-order valence-electron chi connectivity index (χ3n) is 4.12. The lowest BCUT2D eigenvalue weighted by molar-refractivity contribution is -0.194. The van der Waals surface area contributed by atoms with E-state index in [2.05, 4.69) is 5.32 Å². The SMILES string of the molecule is COc1ccccc1C(N)(C(=O)NCCc1cccc(C)c1)C(F)(F)F. The number of nitrogens with two attached hydrogens (primary N) is 1. The Morgan fingerprint density at radius 1 is 1.15 bits per heavy atom. The van der Waals surface area contributed by atoms with Crippen LogP contribution in [-0.2, 0) is 16.8 Å². The summed E-state index contributed by atoms with van der Waals surface area (Å²) in [5.74, 6) is -1.41. The molecule has 0 heterocycles. The van der Waals surface area contributed by atoms with E-state index in [0.29, 0.717) is 6.42 Å². The van der Waals surface area contributed by atoms with Crippen molar-refractivity contribution in [2.45, 2.75) is 25.1 Å². The molecule has 2 aromatic rings. The van der Waals surface area contributed by atoms with E-state index in [1.165, 1.54) is 25.3 Å². The number of ether oxygens (including phenoxy) is 1. The van der Waals surface area contributed by atoms with Crippen LogP contribution in [0, 0.1) is 6.92 Å². The van der Waals surface area contributed by atoms with Crippen molar-refractivity contribution in [3.8, 4) is 5.75 Å². The zero-order chi connectivity index (χ0) is 19.4. The first-order chi connectivity index (χ1) is 12.2. The summed E-state index contributed by atoms with van der Waals surface area (Å²) in [6.07, 6.45) is -4.59. The summed E-state index contributed by atoms with van der Waals surface area (Å²) in [5, 5.41) is 2.31. The zero-order valence-electron chi connectivity index (χ0n) is 14.6. The largest absolute Gasteiger partial charge is 0.496 e. The molecule has 4 nitrogen and oxygen atoms in total. The summed E-state index contributed by atoms with van der Waals surface area (Å²) in [7, 11) is 1.23. The average Bonchev–Trinajstić information content (AvgIpc) is 2.60. The molecule has 0 saturated carbocycles. The van der Waals surface area contributed by atoms with Crippen LogP contribution in [0.15, 0.2) is 48.5 Å². The highest BCUT2D eigenvalue weighted by atomic mass is 19.4. The van der Waals surface area contributed by atoms with Crippen molar-refractivity contribution in [2.24, 2.45) is 5.73 Å². The molecule has 0 fully saturated rings. The highest BCUT2D eigenvalue weighted by molar-refractivity contribution is 5.89. The summed E-state index contributed by atoms with van der Waals surface area (Å²) in [5.41, 5.74) is 3.92. The Morgan fingerprint density at radius 2 is 1.85 bits per heavy atom. The molecule has 26 heavy (non-hydrogen) atoms. The number of halogens is 3. The number of alkyl halides is 3. The van der Waals surface area contributed by atoms with Crippen molar-refractivity contribution in [2.75, 3.05) is 13.7 Å². The lowest BCUT2D eigenvalue weighted by Gasteiger charge is -2.31. The van der Waals surface area contributed by atoms with E-state index in [9.17, 15) is 18.0 Å². The number of nitrogens with one attached hydrogen (secondary N) is 1. The minimum absolute atomic E-state index is 0.0342. The zero-order valence-corrected chi connectivity index (χ0v) is 14.6. The maximum atomic E-state index is 13.7. The maximum absolute atomic E-state index is 13.7. The Bertz CT molecular complexity index is 777. The minimum Gasteiger partial charge on any atom is -0.496 e. The smallest absolute Gasteiger partial charge is 0.419 e. The van der Waals surface area contributed by atoms with E-state index in [4.69, 9.17) is 10.5 Å². The molecule has 1 unspecified atom stereocenters. The molecule has 2 rings (SSSR count). The minimum atomic E-state index is -4.99. The summed E-state index contributed by atoms with van der Waals surface area (Å²) < 4.78 is 46.1. The van der Waals surface area contributed by atoms with Crippen LogP contribution in [0.5, 0.6) is 5.75 Å². The van der Waals surface area contributed by atoms with Crippen molar-refractivity contribution in [3.05, 3.63) is 65.2 Å². The molecular weight excluding hydrogens is 345 g/mol. The van der Waals surface area contributed by atoms with Crippen LogP contribution in [0.4, 0.5) is 13.2 Å². The van der Waals surface area contributed by atoms with Crippen LogP contribution < -0.4 is 15.8 Å². The highest BCUT2D eigenvalue weighted by Gasteiger charge is 2.60. The summed E-state index contributed by atoms with van der Waals surface area (Å²) in [6, 6.07) is 12.9. The predicted molar refractivity (Wildman–Crippen MR) is 92.8 cm³/mol. The molecule has 0 aliphatic rings. The van der Waals surface area contributed by atoms with Crippen molar-refractivity contribution < 1.29 is 22.7 Å². The fraction of sp³-hybridized carbons (Fsp3) is 0.316. The number of carbonyl (C=O) groups is 1. The average molecular weight is 366 g/mol. The van der Waals surface area contributed by atoms with Gasteiger partial charge in [-0.1, -0.05) is 48.0 Å². The third kappa shape index (κ3) is 3.99. The molecule has 7 heteroatoms. The van der Waals surface area contributed by atoms with E-state index in [-0.39, 0.29) is 12.3 Å². The van der Waals surface area contributed by atoms with Gasteiger partial charge < -0.3 is 15.8 Å². The van der Waals surface area contributed by atoms with Gasteiger partial charge in [-0.25, -0.2) is 0 Å². The van der Waals surface area contributed by atoms with Crippen LogP contribution in [0.25, 0.3) is 0 Å². The Kier molecular flexibility index (Phi) is 5.92. The van der Waals surface area contributed by atoms with Gasteiger partial charge in [-0.05, 0) is 25.0 Å². The molecule has 2 aromatic carbocycles.